The Kier molecular flexibility index (Phi) is 5.77. The van der Waals surface area contributed by atoms with Gasteiger partial charge in [0.15, 0.2) is 5.65 Å². The zero-order valence-corrected chi connectivity index (χ0v) is 21.4. The molecule has 2 aliphatic heterocycles. The second-order valence-electron chi connectivity index (χ2n) is 8.96. The molecule has 37 heavy (non-hydrogen) atoms. The molecule has 3 N–H and O–H groups in total. The van der Waals surface area contributed by atoms with Gasteiger partial charge in [-0.1, -0.05) is 12.1 Å². The van der Waals surface area contributed by atoms with Gasteiger partial charge in [-0.3, -0.25) is 4.72 Å². The van der Waals surface area contributed by atoms with Crippen LogP contribution in [-0.2, 0) is 26.5 Å². The average Bonchev–Trinajstić information content (AvgIpc) is 3.33. The number of para-hydroxylation sites is 1. The molecule has 192 valence electrons. The molecule has 6 rings (SSSR count). The van der Waals surface area contributed by atoms with E-state index in [1.807, 2.05) is 24.3 Å². The molecule has 0 bridgehead atoms. The summed E-state index contributed by atoms with van der Waals surface area (Å²) in [6.45, 7) is 3.80. The monoisotopic (exact) mass is 539 g/mol. The number of aryl methyl sites for hydroxylation is 1. The Morgan fingerprint density at radius 2 is 1.78 bits per heavy atom. The number of rotatable bonds is 5. The van der Waals surface area contributed by atoms with Gasteiger partial charge in [-0.2, -0.15) is 4.98 Å². The summed E-state index contributed by atoms with van der Waals surface area (Å²) in [6, 6.07) is 14.3. The van der Waals surface area contributed by atoms with Gasteiger partial charge in [0.05, 0.1) is 11.4 Å². The third-order valence-electron chi connectivity index (χ3n) is 6.55. The summed E-state index contributed by atoms with van der Waals surface area (Å²) in [5.41, 5.74) is 2.81. The van der Waals surface area contributed by atoms with Crippen LogP contribution in [0.5, 0.6) is 0 Å². The summed E-state index contributed by atoms with van der Waals surface area (Å²) in [5, 5.41) is 7.02. The van der Waals surface area contributed by atoms with Crippen LogP contribution >= 0.6 is 0 Å². The van der Waals surface area contributed by atoms with Crippen molar-refractivity contribution in [3.05, 3.63) is 66.5 Å². The Hall–Kier alpha value is -3.68. The zero-order valence-electron chi connectivity index (χ0n) is 19.8. The highest BCUT2D eigenvalue weighted by Crippen LogP contribution is 2.33. The third kappa shape index (κ3) is 4.49. The topological polar surface area (TPSA) is 138 Å². The van der Waals surface area contributed by atoms with Crippen molar-refractivity contribution in [1.29, 1.82) is 0 Å². The van der Waals surface area contributed by atoms with Crippen LogP contribution in [0.3, 0.4) is 0 Å². The molecule has 11 nitrogen and oxygen atoms in total. The molecule has 0 aliphatic carbocycles. The van der Waals surface area contributed by atoms with Crippen LogP contribution in [0, 0.1) is 0 Å². The van der Waals surface area contributed by atoms with Gasteiger partial charge in [0.2, 0.25) is 16.0 Å². The number of aromatic nitrogens is 3. The summed E-state index contributed by atoms with van der Waals surface area (Å²) in [5.74, 6) is 0.155. The van der Waals surface area contributed by atoms with E-state index in [4.69, 9.17) is 0 Å². The largest absolute Gasteiger partial charge is 0.369 e. The standard InChI is InChI=1S/C24H25N7O4S2/c32-36(33)15-9-17-2-1-3-21(22(17)29-36)37(34,35)31-12-8-18-16-26-24(28-23(18)31)27-19-4-6-20(7-5-19)30-13-10-25-11-14-30/h1-8,12,16,25,29H,9-11,13-15H2,(H,26,27,28). The van der Waals surface area contributed by atoms with E-state index in [1.165, 1.54) is 12.3 Å². The predicted molar refractivity (Wildman–Crippen MR) is 142 cm³/mol. The molecule has 13 heteroatoms. The molecule has 1 fully saturated rings. The molecular weight excluding hydrogens is 514 g/mol. The van der Waals surface area contributed by atoms with Gasteiger partial charge in [0, 0.05) is 55.3 Å². The van der Waals surface area contributed by atoms with E-state index in [0.29, 0.717) is 10.9 Å². The molecule has 0 spiro atoms. The first-order chi connectivity index (χ1) is 17.8. The molecule has 1 saturated heterocycles. The highest BCUT2D eigenvalue weighted by molar-refractivity contribution is 7.93. The smallest absolute Gasteiger partial charge is 0.271 e. The fraction of sp³-hybridized carbons (Fsp3) is 0.250. The Bertz CT molecular complexity index is 1690. The van der Waals surface area contributed by atoms with E-state index < -0.39 is 20.0 Å². The lowest BCUT2D eigenvalue weighted by Crippen LogP contribution is -2.43. The Labute approximate surface area is 214 Å². The van der Waals surface area contributed by atoms with Gasteiger partial charge < -0.3 is 15.5 Å². The molecule has 0 unspecified atom stereocenters. The molecule has 2 aromatic carbocycles. The number of piperazine rings is 1. The Balaban J connectivity index is 1.32. The van der Waals surface area contributed by atoms with E-state index in [9.17, 15) is 16.8 Å². The van der Waals surface area contributed by atoms with Crippen LogP contribution in [0.2, 0.25) is 0 Å². The van der Waals surface area contributed by atoms with Crippen molar-refractivity contribution in [3.63, 3.8) is 0 Å². The predicted octanol–water partition coefficient (Wildman–Crippen LogP) is 2.12. The molecule has 0 radical (unpaired) electrons. The highest BCUT2D eigenvalue weighted by atomic mass is 32.2. The van der Waals surface area contributed by atoms with Crippen molar-refractivity contribution >= 4 is 54.1 Å². The second kappa shape index (κ2) is 9.01. The van der Waals surface area contributed by atoms with Crippen LogP contribution in [0.25, 0.3) is 11.0 Å². The molecule has 4 heterocycles. The van der Waals surface area contributed by atoms with Gasteiger partial charge >= 0.3 is 0 Å². The summed E-state index contributed by atoms with van der Waals surface area (Å²) in [4.78, 5) is 11.0. The van der Waals surface area contributed by atoms with Gasteiger partial charge in [0.1, 0.15) is 4.90 Å². The van der Waals surface area contributed by atoms with Gasteiger partial charge in [0.25, 0.3) is 10.0 Å². The van der Waals surface area contributed by atoms with Crippen LogP contribution in [0.15, 0.2) is 65.8 Å². The third-order valence-corrected chi connectivity index (χ3v) is 9.51. The second-order valence-corrected chi connectivity index (χ2v) is 12.6. The average molecular weight is 540 g/mol. The Morgan fingerprint density at radius 3 is 2.57 bits per heavy atom. The number of nitrogens with zero attached hydrogens (tertiary/aromatic N) is 4. The number of anilines is 4. The van der Waals surface area contributed by atoms with Crippen molar-refractivity contribution in [1.82, 2.24) is 19.3 Å². The SMILES string of the molecule is O=S1(=O)CCc2cccc(S(=O)(=O)n3ccc4cnc(Nc5ccc(N6CCNCC6)cc5)nc43)c2N1. The van der Waals surface area contributed by atoms with Gasteiger partial charge in [-0.05, 0) is 48.4 Å². The van der Waals surface area contributed by atoms with Gasteiger partial charge in [-0.15, -0.1) is 0 Å². The number of hydrogen-bond acceptors (Lipinski definition) is 9. The van der Waals surface area contributed by atoms with E-state index >= 15 is 0 Å². The number of hydrogen-bond donors (Lipinski definition) is 3. The lowest BCUT2D eigenvalue weighted by atomic mass is 10.1. The minimum absolute atomic E-state index is 0.0889. The molecule has 2 aliphatic rings. The fourth-order valence-corrected chi connectivity index (χ4v) is 7.33. The number of nitrogens with one attached hydrogen (secondary N) is 3. The van der Waals surface area contributed by atoms with E-state index in [2.05, 4.69) is 30.2 Å². The number of sulfonamides is 1. The maximum atomic E-state index is 13.7. The molecule has 4 aromatic rings. The summed E-state index contributed by atoms with van der Waals surface area (Å²) in [7, 11) is -7.77. The highest BCUT2D eigenvalue weighted by Gasteiger charge is 2.30. The summed E-state index contributed by atoms with van der Waals surface area (Å²) < 4.78 is 55.2. The molecule has 0 atom stereocenters. The van der Waals surface area contributed by atoms with Gasteiger partial charge in [-0.25, -0.2) is 25.8 Å². The van der Waals surface area contributed by atoms with Crippen LogP contribution in [0.4, 0.5) is 23.0 Å². The first kappa shape index (κ1) is 23.7. The molecule has 0 amide bonds. The number of fused-ring (bicyclic) bond motifs is 2. The lowest BCUT2D eigenvalue weighted by Gasteiger charge is -2.29. The van der Waals surface area contributed by atoms with E-state index in [0.717, 1.165) is 41.5 Å². The summed E-state index contributed by atoms with van der Waals surface area (Å²) >= 11 is 0. The van der Waals surface area contributed by atoms with Crippen molar-refractivity contribution in [2.24, 2.45) is 0 Å². The van der Waals surface area contributed by atoms with Crippen molar-refractivity contribution in [3.8, 4) is 0 Å². The van der Waals surface area contributed by atoms with Crippen molar-refractivity contribution in [2.45, 2.75) is 11.3 Å². The van der Waals surface area contributed by atoms with Crippen LogP contribution < -0.4 is 20.3 Å². The maximum Gasteiger partial charge on any atom is 0.271 e. The molecule has 2 aromatic heterocycles. The van der Waals surface area contributed by atoms with Crippen molar-refractivity contribution < 1.29 is 16.8 Å². The minimum atomic E-state index is -4.16. The van der Waals surface area contributed by atoms with Crippen molar-refractivity contribution in [2.75, 3.05) is 46.9 Å². The fourth-order valence-electron chi connectivity index (χ4n) is 4.63. The quantitative estimate of drug-likeness (QED) is 0.348. The normalized spacial score (nSPS) is 17.2. The minimum Gasteiger partial charge on any atom is -0.369 e. The molecule has 0 saturated carbocycles. The van der Waals surface area contributed by atoms with Crippen LogP contribution in [-0.4, -0.2) is 62.7 Å². The lowest BCUT2D eigenvalue weighted by molar-refractivity contribution is 0.588. The first-order valence-electron chi connectivity index (χ1n) is 11.8. The maximum absolute atomic E-state index is 13.7. The first-order valence-corrected chi connectivity index (χ1v) is 14.9. The summed E-state index contributed by atoms with van der Waals surface area (Å²) in [6.07, 6.45) is 3.19. The van der Waals surface area contributed by atoms with E-state index in [1.54, 1.807) is 24.4 Å². The number of benzene rings is 2. The Morgan fingerprint density at radius 1 is 1.00 bits per heavy atom. The molecular formula is C24H25N7O4S2. The van der Waals surface area contributed by atoms with E-state index in [-0.39, 0.29) is 34.4 Å². The van der Waals surface area contributed by atoms with Crippen LogP contribution in [0.1, 0.15) is 5.56 Å². The zero-order chi connectivity index (χ0) is 25.6.